The predicted octanol–water partition coefficient (Wildman–Crippen LogP) is 1.81. The van der Waals surface area contributed by atoms with E-state index in [4.69, 9.17) is 42.7 Å². The minimum absolute atomic E-state index is 0.0943. The summed E-state index contributed by atoms with van der Waals surface area (Å²) in [7, 11) is -1.16. The van der Waals surface area contributed by atoms with Crippen LogP contribution in [0.1, 0.15) is 35.1 Å². The van der Waals surface area contributed by atoms with Crippen LogP contribution in [-0.2, 0) is 42.8 Å². The van der Waals surface area contributed by atoms with Gasteiger partial charge in [0.2, 0.25) is 5.91 Å². The SMILES string of the molecule is Cc1cc(O)cc(C)c1C[C@H](N=C(N)N)C(=O)C[C@H](CCS(C)=O)C(=O)NC[C@H](Cc1ccccc1)N=C(N)N.O=C(O)C(F)(F)F.O=C(O)C(F)(F)F. The number of hydrogen-bond acceptors (Lipinski definition) is 8. The van der Waals surface area contributed by atoms with E-state index in [1.807, 2.05) is 44.2 Å². The van der Waals surface area contributed by atoms with Crippen molar-refractivity contribution in [1.82, 2.24) is 5.32 Å². The number of nitrogens with zero attached hydrogens (tertiary/aromatic N) is 2. The molecule has 1 amide bonds. The standard InChI is InChI=1S/C28H41N7O4S.2C2HF3O2/c1-17-11-22(36)12-18(2)23(17)15-24(35-28(31)32)25(37)14-20(9-10-40(3)39)26(38)33-16-21(34-27(29)30)13-19-7-5-4-6-8-19;2*3-2(4,5)1(6)7/h4-8,11-12,20-21,24,36H,9-10,13-16H2,1-3H3,(H,33,38)(H4,29,30,34)(H4,31,32,35);2*(H,6,7)/t20-,21-,24-,40?;;/m0../s1. The zero-order valence-corrected chi connectivity index (χ0v) is 30.1. The average Bonchev–Trinajstić information content (AvgIpc) is 3.02. The number of amides is 1. The van der Waals surface area contributed by atoms with Crippen LogP contribution in [0.3, 0.4) is 0 Å². The number of ketones is 1. The number of carboxylic acids is 2. The molecule has 0 radical (unpaired) electrons. The van der Waals surface area contributed by atoms with Crippen molar-refractivity contribution in [2.24, 2.45) is 38.8 Å². The maximum atomic E-state index is 13.5. The van der Waals surface area contributed by atoms with Gasteiger partial charge in [-0.2, -0.15) is 26.3 Å². The summed E-state index contributed by atoms with van der Waals surface area (Å²) < 4.78 is 75.3. The number of phenolic OH excluding ortho intramolecular Hbond substituents is 1. The zero-order valence-electron chi connectivity index (χ0n) is 29.3. The summed E-state index contributed by atoms with van der Waals surface area (Å²) in [5.41, 5.74) is 25.9. The van der Waals surface area contributed by atoms with Crippen molar-refractivity contribution in [3.63, 3.8) is 0 Å². The van der Waals surface area contributed by atoms with Crippen molar-refractivity contribution >= 4 is 46.3 Å². The number of carbonyl (C=O) groups is 4. The summed E-state index contributed by atoms with van der Waals surface area (Å²) in [6.45, 7) is 3.80. The van der Waals surface area contributed by atoms with Crippen LogP contribution in [0.2, 0.25) is 0 Å². The topological polar surface area (TPSA) is 287 Å². The lowest BCUT2D eigenvalue weighted by Crippen LogP contribution is -2.40. The van der Waals surface area contributed by atoms with Gasteiger partial charge in [-0.15, -0.1) is 0 Å². The number of aliphatic carboxylic acids is 2. The second-order valence-electron chi connectivity index (χ2n) is 11.5. The molecule has 4 atom stereocenters. The first-order chi connectivity index (χ1) is 24.7. The number of halogens is 6. The molecule has 12 N–H and O–H groups in total. The summed E-state index contributed by atoms with van der Waals surface area (Å²) in [4.78, 5) is 53.0. The second kappa shape index (κ2) is 22.6. The predicted molar refractivity (Wildman–Crippen MR) is 188 cm³/mol. The Morgan fingerprint density at radius 2 is 1.30 bits per heavy atom. The van der Waals surface area contributed by atoms with E-state index < -0.39 is 53.1 Å². The number of phenols is 1. The highest BCUT2D eigenvalue weighted by atomic mass is 32.2. The number of benzene rings is 2. The summed E-state index contributed by atoms with van der Waals surface area (Å²) in [5.74, 6) is -6.94. The van der Waals surface area contributed by atoms with E-state index >= 15 is 0 Å². The van der Waals surface area contributed by atoms with Crippen LogP contribution in [0.25, 0.3) is 0 Å². The van der Waals surface area contributed by atoms with E-state index in [0.29, 0.717) is 6.42 Å². The number of guanidine groups is 2. The van der Waals surface area contributed by atoms with Crippen LogP contribution in [-0.4, -0.2) is 98.1 Å². The summed E-state index contributed by atoms with van der Waals surface area (Å²) in [5, 5.41) is 27.0. The van der Waals surface area contributed by atoms with Crippen molar-refractivity contribution in [3.05, 3.63) is 64.7 Å². The Morgan fingerprint density at radius 1 is 0.833 bits per heavy atom. The van der Waals surface area contributed by atoms with Gasteiger partial charge in [0.25, 0.3) is 0 Å². The normalized spacial score (nSPS) is 13.2. The number of rotatable bonds is 15. The third-order valence-electron chi connectivity index (χ3n) is 6.97. The van der Waals surface area contributed by atoms with Gasteiger partial charge in [0.05, 0.1) is 6.04 Å². The van der Waals surface area contributed by atoms with Gasteiger partial charge in [-0.05, 0) is 61.1 Å². The van der Waals surface area contributed by atoms with Gasteiger partial charge in [-0.3, -0.25) is 13.8 Å². The van der Waals surface area contributed by atoms with Gasteiger partial charge in [0, 0.05) is 48.1 Å². The highest BCUT2D eigenvalue weighted by Crippen LogP contribution is 2.24. The molecule has 0 aromatic heterocycles. The molecule has 0 saturated carbocycles. The van der Waals surface area contributed by atoms with E-state index in [1.165, 1.54) is 0 Å². The number of hydrogen-bond donors (Lipinski definition) is 8. The van der Waals surface area contributed by atoms with Gasteiger partial charge in [-0.1, -0.05) is 30.3 Å². The molecule has 15 nitrogen and oxygen atoms in total. The van der Waals surface area contributed by atoms with E-state index in [2.05, 4.69) is 15.3 Å². The van der Waals surface area contributed by atoms with Crippen molar-refractivity contribution in [2.45, 2.75) is 64.0 Å². The molecule has 2 aromatic carbocycles. The van der Waals surface area contributed by atoms with Gasteiger partial charge < -0.3 is 43.6 Å². The van der Waals surface area contributed by atoms with Crippen LogP contribution in [0.5, 0.6) is 5.75 Å². The summed E-state index contributed by atoms with van der Waals surface area (Å²) >= 11 is 0. The third-order valence-corrected chi connectivity index (χ3v) is 7.78. The summed E-state index contributed by atoms with van der Waals surface area (Å²) in [6.07, 6.45) is -7.83. The average molecular weight is 800 g/mol. The van der Waals surface area contributed by atoms with Gasteiger partial charge in [-0.25, -0.2) is 19.6 Å². The van der Waals surface area contributed by atoms with Crippen LogP contribution < -0.4 is 28.3 Å². The number of nitrogens with two attached hydrogens (primary N) is 4. The first-order valence-electron chi connectivity index (χ1n) is 15.5. The van der Waals surface area contributed by atoms with E-state index in [9.17, 15) is 45.2 Å². The Labute approximate surface area is 308 Å². The first-order valence-corrected chi connectivity index (χ1v) is 17.2. The fourth-order valence-corrected chi connectivity index (χ4v) is 5.15. The molecule has 0 spiro atoms. The lowest BCUT2D eigenvalue weighted by molar-refractivity contribution is -0.193. The number of aliphatic imine (C=N–C) groups is 2. The Balaban J connectivity index is 0.00000169. The van der Waals surface area contributed by atoms with Crippen molar-refractivity contribution < 1.29 is 65.0 Å². The molecule has 0 heterocycles. The Bertz CT molecular complexity index is 1600. The van der Waals surface area contributed by atoms with E-state index in [1.54, 1.807) is 18.4 Å². The molecule has 0 saturated heterocycles. The smallest absolute Gasteiger partial charge is 0.490 e. The van der Waals surface area contributed by atoms with Gasteiger partial charge in [0.15, 0.2) is 17.7 Å². The molecule has 54 heavy (non-hydrogen) atoms. The van der Waals surface area contributed by atoms with E-state index in [-0.39, 0.29) is 60.9 Å². The molecular weight excluding hydrogens is 756 g/mol. The van der Waals surface area contributed by atoms with E-state index in [0.717, 1.165) is 22.3 Å². The molecular formula is C32H43F6N7O8S. The molecule has 2 rings (SSSR count). The molecule has 1 unspecified atom stereocenters. The molecule has 0 aliphatic rings. The monoisotopic (exact) mass is 799 g/mol. The molecule has 302 valence electrons. The van der Waals surface area contributed by atoms with Gasteiger partial charge >= 0.3 is 24.3 Å². The number of carbonyl (C=O) groups excluding carboxylic acids is 2. The number of alkyl halides is 6. The van der Waals surface area contributed by atoms with Crippen molar-refractivity contribution in [3.8, 4) is 5.75 Å². The Morgan fingerprint density at radius 3 is 1.70 bits per heavy atom. The molecule has 22 heteroatoms. The van der Waals surface area contributed by atoms with Crippen LogP contribution in [0, 0.1) is 19.8 Å². The molecule has 0 aliphatic carbocycles. The number of nitrogens with one attached hydrogen (secondary N) is 1. The fraction of sp³-hybridized carbons (Fsp3) is 0.438. The zero-order chi connectivity index (χ0) is 42.0. The minimum Gasteiger partial charge on any atom is -0.508 e. The largest absolute Gasteiger partial charge is 0.508 e. The van der Waals surface area contributed by atoms with Crippen LogP contribution in [0.15, 0.2) is 52.4 Å². The maximum absolute atomic E-state index is 13.5. The van der Waals surface area contributed by atoms with Crippen LogP contribution in [0.4, 0.5) is 26.3 Å². The first kappa shape index (κ1) is 48.6. The third kappa shape index (κ3) is 20.6. The number of Topliss-reactive ketones (excluding diaryl/α,β-unsaturated/α-hetero) is 1. The minimum atomic E-state index is -5.08. The highest BCUT2D eigenvalue weighted by molar-refractivity contribution is 7.84. The second-order valence-corrected chi connectivity index (χ2v) is 13.1. The lowest BCUT2D eigenvalue weighted by Gasteiger charge is -2.21. The number of aromatic hydroxyl groups is 1. The highest BCUT2D eigenvalue weighted by Gasteiger charge is 2.39. The summed E-state index contributed by atoms with van der Waals surface area (Å²) in [6, 6.07) is 11.5. The van der Waals surface area contributed by atoms with Crippen molar-refractivity contribution in [1.29, 1.82) is 0 Å². The Kier molecular flexibility index (Phi) is 20.3. The maximum Gasteiger partial charge on any atom is 0.490 e. The Hall–Kier alpha value is -5.41. The van der Waals surface area contributed by atoms with Gasteiger partial charge in [0.1, 0.15) is 11.8 Å². The van der Waals surface area contributed by atoms with Crippen LogP contribution >= 0.6 is 0 Å². The molecule has 0 aliphatic heterocycles. The molecule has 2 aromatic rings. The molecule has 0 bridgehead atoms. The fourth-order valence-electron chi connectivity index (χ4n) is 4.53. The van der Waals surface area contributed by atoms with Crippen molar-refractivity contribution in [2.75, 3.05) is 18.6 Å². The lowest BCUT2D eigenvalue weighted by atomic mass is 9.90. The number of aryl methyl sites for hydroxylation is 2. The quantitative estimate of drug-likeness (QED) is 0.0728. The molecule has 0 fully saturated rings. The number of carboxylic acid groups (broad SMARTS) is 2.